The van der Waals surface area contributed by atoms with Gasteiger partial charge in [-0.25, -0.2) is 8.78 Å². The van der Waals surface area contributed by atoms with E-state index in [-0.39, 0.29) is 11.3 Å². The number of hydrogen-bond acceptors (Lipinski definition) is 5. The number of rotatable bonds is 6. The van der Waals surface area contributed by atoms with E-state index in [2.05, 4.69) is 25.9 Å². The lowest BCUT2D eigenvalue weighted by atomic mass is 10.1. The second-order valence-electron chi connectivity index (χ2n) is 7.73. The van der Waals surface area contributed by atoms with Crippen molar-refractivity contribution < 1.29 is 13.6 Å². The number of halogens is 2. The number of amides is 1. The van der Waals surface area contributed by atoms with Crippen LogP contribution in [0.4, 0.5) is 37.2 Å². The number of nitrogens with zero attached hydrogens (tertiary/aromatic N) is 2. The van der Waals surface area contributed by atoms with Gasteiger partial charge in [-0.15, -0.1) is 0 Å². The zero-order valence-electron chi connectivity index (χ0n) is 18.3. The van der Waals surface area contributed by atoms with Crippen LogP contribution in [0, 0.1) is 11.6 Å². The van der Waals surface area contributed by atoms with Gasteiger partial charge < -0.3 is 16.0 Å². The Hall–Kier alpha value is -4.85. The number of pyridine rings is 2. The van der Waals surface area contributed by atoms with Crippen LogP contribution in [-0.4, -0.2) is 15.9 Å². The van der Waals surface area contributed by atoms with Crippen LogP contribution in [0.3, 0.4) is 0 Å². The fraction of sp³-hybridized carbons (Fsp3) is 0. The average molecular weight is 467 g/mol. The minimum atomic E-state index is -0.615. The number of benzene rings is 3. The van der Waals surface area contributed by atoms with Gasteiger partial charge in [-0.3, -0.25) is 14.8 Å². The highest BCUT2D eigenvalue weighted by atomic mass is 19.1. The zero-order valence-corrected chi connectivity index (χ0v) is 18.3. The van der Waals surface area contributed by atoms with E-state index >= 15 is 0 Å². The maximum absolute atomic E-state index is 14.8. The molecule has 1 amide bonds. The molecule has 3 N–H and O–H groups in total. The van der Waals surface area contributed by atoms with Crippen molar-refractivity contribution in [1.29, 1.82) is 0 Å². The highest BCUT2D eigenvalue weighted by molar-refractivity contribution is 6.04. The van der Waals surface area contributed by atoms with Crippen molar-refractivity contribution in [1.82, 2.24) is 9.97 Å². The molecule has 2 aromatic heterocycles. The average Bonchev–Trinajstić information content (AvgIpc) is 2.87. The standard InChI is InChI=1S/C27H19F2N5O/c28-18-2-8-24-22(16-18)25(11-14-31-24)34-26-7-1-17(15-23(26)29)27(35)33-20-5-3-19(4-6-20)32-21-9-12-30-13-10-21/h1-16H,(H,30,32)(H,31,34)(H,33,35). The third kappa shape index (κ3) is 5.06. The SMILES string of the molecule is O=C(Nc1ccc(Nc2ccncc2)cc1)c1ccc(Nc2ccnc3ccc(F)cc23)c(F)c1. The Bertz CT molecular complexity index is 1510. The fourth-order valence-corrected chi connectivity index (χ4v) is 3.57. The van der Waals surface area contributed by atoms with E-state index in [0.29, 0.717) is 22.3 Å². The minimum Gasteiger partial charge on any atom is -0.355 e. The number of aromatic nitrogens is 2. The summed E-state index contributed by atoms with van der Waals surface area (Å²) < 4.78 is 28.5. The molecule has 0 aliphatic heterocycles. The van der Waals surface area contributed by atoms with Crippen molar-refractivity contribution in [3.63, 3.8) is 0 Å². The lowest BCUT2D eigenvalue weighted by Gasteiger charge is -2.12. The molecule has 0 bridgehead atoms. The molecular weight excluding hydrogens is 448 g/mol. The Morgan fingerprint density at radius 1 is 0.686 bits per heavy atom. The van der Waals surface area contributed by atoms with Crippen LogP contribution in [0.2, 0.25) is 0 Å². The quantitative estimate of drug-likeness (QED) is 0.261. The number of fused-ring (bicyclic) bond motifs is 1. The topological polar surface area (TPSA) is 78.9 Å². The van der Waals surface area contributed by atoms with Crippen molar-refractivity contribution in [2.75, 3.05) is 16.0 Å². The summed E-state index contributed by atoms with van der Waals surface area (Å²) >= 11 is 0. The third-order valence-electron chi connectivity index (χ3n) is 5.32. The Morgan fingerprint density at radius 2 is 1.43 bits per heavy atom. The third-order valence-corrected chi connectivity index (χ3v) is 5.32. The van der Waals surface area contributed by atoms with Crippen LogP contribution < -0.4 is 16.0 Å². The van der Waals surface area contributed by atoms with Crippen LogP contribution in [0.1, 0.15) is 10.4 Å². The van der Waals surface area contributed by atoms with Gasteiger partial charge in [0.15, 0.2) is 0 Å². The van der Waals surface area contributed by atoms with Gasteiger partial charge in [0.1, 0.15) is 11.6 Å². The van der Waals surface area contributed by atoms with Crippen molar-refractivity contribution >= 4 is 45.2 Å². The van der Waals surface area contributed by atoms with E-state index in [1.54, 1.807) is 42.9 Å². The van der Waals surface area contributed by atoms with Gasteiger partial charge in [0.2, 0.25) is 0 Å². The van der Waals surface area contributed by atoms with Gasteiger partial charge in [-0.05, 0) is 78.9 Å². The fourth-order valence-electron chi connectivity index (χ4n) is 3.57. The molecule has 0 spiro atoms. The molecule has 0 saturated heterocycles. The molecule has 5 aromatic rings. The van der Waals surface area contributed by atoms with Crippen molar-refractivity contribution in [2.24, 2.45) is 0 Å². The molecule has 0 aliphatic rings. The van der Waals surface area contributed by atoms with E-state index in [4.69, 9.17) is 0 Å². The molecule has 6 nitrogen and oxygen atoms in total. The second-order valence-corrected chi connectivity index (χ2v) is 7.73. The first-order valence-electron chi connectivity index (χ1n) is 10.7. The van der Waals surface area contributed by atoms with Crippen LogP contribution >= 0.6 is 0 Å². The van der Waals surface area contributed by atoms with E-state index in [0.717, 1.165) is 17.4 Å². The number of carbonyl (C=O) groups is 1. The highest BCUT2D eigenvalue weighted by Crippen LogP contribution is 2.28. The summed E-state index contributed by atoms with van der Waals surface area (Å²) in [5, 5.41) is 9.48. The Balaban J connectivity index is 1.28. The molecule has 3 aromatic carbocycles. The van der Waals surface area contributed by atoms with Gasteiger partial charge >= 0.3 is 0 Å². The number of carbonyl (C=O) groups excluding carboxylic acids is 1. The minimum absolute atomic E-state index is 0.157. The molecule has 0 unspecified atom stereocenters. The summed E-state index contributed by atoms with van der Waals surface area (Å²) in [5.74, 6) is -1.47. The van der Waals surface area contributed by atoms with Crippen molar-refractivity contribution in [3.05, 3.63) is 115 Å². The van der Waals surface area contributed by atoms with Gasteiger partial charge in [0.05, 0.1) is 11.2 Å². The van der Waals surface area contributed by atoms with Crippen molar-refractivity contribution in [2.45, 2.75) is 0 Å². The van der Waals surface area contributed by atoms with Gasteiger partial charge in [0, 0.05) is 52.3 Å². The Labute approximate surface area is 199 Å². The molecule has 2 heterocycles. The van der Waals surface area contributed by atoms with E-state index < -0.39 is 17.5 Å². The maximum Gasteiger partial charge on any atom is 0.255 e. The van der Waals surface area contributed by atoms with Crippen molar-refractivity contribution in [3.8, 4) is 0 Å². The predicted octanol–water partition coefficient (Wildman–Crippen LogP) is 6.65. The largest absolute Gasteiger partial charge is 0.355 e. The molecule has 172 valence electrons. The summed E-state index contributed by atoms with van der Waals surface area (Å²) in [6, 6.07) is 20.8. The predicted molar refractivity (Wildman–Crippen MR) is 133 cm³/mol. The summed E-state index contributed by atoms with van der Waals surface area (Å²) in [6.07, 6.45) is 4.94. The number of hydrogen-bond donors (Lipinski definition) is 3. The molecule has 8 heteroatoms. The lowest BCUT2D eigenvalue weighted by molar-refractivity contribution is 0.102. The molecule has 5 rings (SSSR count). The van der Waals surface area contributed by atoms with Gasteiger partial charge in [0.25, 0.3) is 5.91 Å². The molecule has 0 fully saturated rings. The molecule has 0 aliphatic carbocycles. The van der Waals surface area contributed by atoms with Crippen LogP contribution in [-0.2, 0) is 0 Å². The molecule has 35 heavy (non-hydrogen) atoms. The molecule has 0 atom stereocenters. The lowest BCUT2D eigenvalue weighted by Crippen LogP contribution is -2.12. The normalized spacial score (nSPS) is 10.7. The second kappa shape index (κ2) is 9.56. The van der Waals surface area contributed by atoms with Gasteiger partial charge in [-0.2, -0.15) is 0 Å². The first kappa shape index (κ1) is 22.0. The number of nitrogens with one attached hydrogen (secondary N) is 3. The first-order valence-corrected chi connectivity index (χ1v) is 10.7. The monoisotopic (exact) mass is 467 g/mol. The number of anilines is 5. The van der Waals surface area contributed by atoms with Gasteiger partial charge in [-0.1, -0.05) is 0 Å². The summed E-state index contributed by atoms with van der Waals surface area (Å²) in [5.41, 5.74) is 3.72. The smallest absolute Gasteiger partial charge is 0.255 e. The summed E-state index contributed by atoms with van der Waals surface area (Å²) in [6.45, 7) is 0. The van der Waals surface area contributed by atoms with Crippen LogP contribution in [0.5, 0.6) is 0 Å². The Kier molecular flexibility index (Phi) is 6.00. The summed E-state index contributed by atoms with van der Waals surface area (Å²) in [4.78, 5) is 20.8. The maximum atomic E-state index is 14.8. The molecule has 0 radical (unpaired) electrons. The molecule has 0 saturated carbocycles. The Morgan fingerprint density at radius 3 is 2.20 bits per heavy atom. The van der Waals surface area contributed by atoms with E-state index in [1.807, 2.05) is 24.3 Å². The van der Waals surface area contributed by atoms with E-state index in [9.17, 15) is 13.6 Å². The van der Waals surface area contributed by atoms with Crippen LogP contribution in [0.25, 0.3) is 10.9 Å². The first-order chi connectivity index (χ1) is 17.0. The zero-order chi connectivity index (χ0) is 24.2. The van der Waals surface area contributed by atoms with E-state index in [1.165, 1.54) is 24.3 Å². The summed E-state index contributed by atoms with van der Waals surface area (Å²) in [7, 11) is 0. The van der Waals surface area contributed by atoms with Crippen LogP contribution in [0.15, 0.2) is 97.5 Å². The molecular formula is C27H19F2N5O. The highest BCUT2D eigenvalue weighted by Gasteiger charge is 2.12.